The van der Waals surface area contributed by atoms with Crippen LogP contribution >= 0.6 is 0 Å². The van der Waals surface area contributed by atoms with Crippen molar-refractivity contribution in [2.24, 2.45) is 5.92 Å². The number of benzene rings is 2. The zero-order valence-electron chi connectivity index (χ0n) is 17.7. The number of nitrogens with zero attached hydrogens (tertiary/aromatic N) is 1. The first-order chi connectivity index (χ1) is 14.2. The Morgan fingerprint density at radius 2 is 1.97 bits per heavy atom. The van der Waals surface area contributed by atoms with Crippen LogP contribution in [0.3, 0.4) is 0 Å². The average Bonchev–Trinajstić information content (AvgIpc) is 2.68. The van der Waals surface area contributed by atoms with Gasteiger partial charge in [-0.05, 0) is 44.3 Å². The highest BCUT2D eigenvalue weighted by Crippen LogP contribution is 2.32. The molecule has 1 amide bonds. The van der Waals surface area contributed by atoms with Crippen LogP contribution in [0, 0.1) is 23.0 Å². The average molecular weight is 421 g/mol. The fourth-order valence-corrected chi connectivity index (χ4v) is 2.61. The molecule has 30 heavy (non-hydrogen) atoms. The van der Waals surface area contributed by atoms with Crippen molar-refractivity contribution >= 4 is 17.8 Å². The summed E-state index contributed by atoms with van der Waals surface area (Å²) in [4.78, 5) is 14.7. The van der Waals surface area contributed by atoms with Gasteiger partial charge in [0.25, 0.3) is 5.91 Å². The summed E-state index contributed by atoms with van der Waals surface area (Å²) in [6.07, 6.45) is 1.13. The number of nitrogens with one attached hydrogen (secondary N) is 3. The Balaban J connectivity index is 0.00000480. The predicted octanol–water partition coefficient (Wildman–Crippen LogP) is 4.36. The van der Waals surface area contributed by atoms with E-state index in [1.54, 1.807) is 6.07 Å². The van der Waals surface area contributed by atoms with Crippen molar-refractivity contribution in [2.45, 2.75) is 13.8 Å². The molecule has 0 radical (unpaired) electrons. The van der Waals surface area contributed by atoms with Crippen molar-refractivity contribution in [1.82, 2.24) is 10.2 Å². The van der Waals surface area contributed by atoms with E-state index in [2.05, 4.69) is 10.6 Å². The fourth-order valence-electron chi connectivity index (χ4n) is 2.61. The van der Waals surface area contributed by atoms with E-state index in [1.807, 2.05) is 32.8 Å². The van der Waals surface area contributed by atoms with Gasteiger partial charge in [0.1, 0.15) is 11.6 Å². The minimum atomic E-state index is -0.882. The number of carbonyl (C=O) groups is 1. The topological polar surface area (TPSA) is 77.5 Å². The molecule has 0 atom stereocenters. The summed E-state index contributed by atoms with van der Waals surface area (Å²) in [7, 11) is 3.79. The first-order valence-electron chi connectivity index (χ1n) is 9.69. The van der Waals surface area contributed by atoms with Gasteiger partial charge >= 0.3 is 0 Å². The summed E-state index contributed by atoms with van der Waals surface area (Å²) >= 11 is 0. The van der Waals surface area contributed by atoms with Gasteiger partial charge in [0.15, 0.2) is 11.6 Å². The van der Waals surface area contributed by atoms with Gasteiger partial charge < -0.3 is 25.7 Å². The van der Waals surface area contributed by atoms with Crippen molar-refractivity contribution in [3.8, 4) is 11.5 Å². The molecule has 0 aliphatic carbocycles. The second-order valence-electron chi connectivity index (χ2n) is 7.59. The van der Waals surface area contributed by atoms with Gasteiger partial charge in [-0.1, -0.05) is 13.8 Å². The lowest BCUT2D eigenvalue weighted by atomic mass is 10.1. The number of hydrogen-bond donors (Lipinski definition) is 3. The van der Waals surface area contributed by atoms with Crippen LogP contribution in [0.5, 0.6) is 11.5 Å². The number of ether oxygens (including phenoxy) is 1. The summed E-state index contributed by atoms with van der Waals surface area (Å²) in [5.74, 6) is -1.78. The highest BCUT2D eigenvalue weighted by molar-refractivity contribution is 6.00. The largest absolute Gasteiger partial charge is 0.453 e. The van der Waals surface area contributed by atoms with Gasteiger partial charge in [-0.2, -0.15) is 0 Å². The Kier molecular flexibility index (Phi) is 8.29. The Labute approximate surface area is 177 Å². The Bertz CT molecular complexity index is 907. The first kappa shape index (κ1) is 23.3. The van der Waals surface area contributed by atoms with Crippen molar-refractivity contribution in [2.75, 3.05) is 39.0 Å². The SMILES string of the molecule is CC(C)CNc1cc(C(=O)NCCN(C)C)c(Oc2ccc(F)cc2F)cc1C=N.[HH]. The number of anilines is 1. The molecule has 2 aromatic rings. The third-order valence-electron chi connectivity index (χ3n) is 4.21. The van der Waals surface area contributed by atoms with Gasteiger partial charge in [0.2, 0.25) is 0 Å². The molecule has 0 aromatic heterocycles. The summed E-state index contributed by atoms with van der Waals surface area (Å²) in [5.41, 5.74) is 1.27. The van der Waals surface area contributed by atoms with Crippen LogP contribution in [0.15, 0.2) is 30.3 Å². The molecule has 0 spiro atoms. The van der Waals surface area contributed by atoms with Gasteiger partial charge in [0.05, 0.1) is 5.56 Å². The third-order valence-corrected chi connectivity index (χ3v) is 4.21. The van der Waals surface area contributed by atoms with Crippen LogP contribution < -0.4 is 15.4 Å². The van der Waals surface area contributed by atoms with Gasteiger partial charge in [-0.3, -0.25) is 4.79 Å². The zero-order chi connectivity index (χ0) is 22.3. The van der Waals surface area contributed by atoms with E-state index in [0.717, 1.165) is 18.3 Å². The van der Waals surface area contributed by atoms with E-state index in [9.17, 15) is 13.6 Å². The van der Waals surface area contributed by atoms with Crippen LogP contribution in [0.25, 0.3) is 0 Å². The Hall–Kier alpha value is -3.00. The van der Waals surface area contributed by atoms with Gasteiger partial charge in [-0.15, -0.1) is 0 Å². The number of amides is 1. The molecule has 0 aliphatic rings. The normalized spacial score (nSPS) is 10.9. The molecule has 0 aliphatic heterocycles. The number of rotatable bonds is 10. The lowest BCUT2D eigenvalue weighted by Gasteiger charge is -2.18. The van der Waals surface area contributed by atoms with Gasteiger partial charge in [0, 0.05) is 44.6 Å². The number of hydrogen-bond acceptors (Lipinski definition) is 5. The molecule has 0 fully saturated rings. The fraction of sp³-hybridized carbons (Fsp3) is 0.364. The van der Waals surface area contributed by atoms with E-state index in [4.69, 9.17) is 10.1 Å². The molecular formula is C22H30F2N4O2. The standard InChI is InChI=1S/C22H28F2N4O2.H2/c1-14(2)13-27-19-11-17(22(29)26-7-8-28(3)4)21(9-15(19)12-25)30-20-6-5-16(23)10-18(20)24;/h5-6,9-12,14,25,27H,7-8,13H2,1-4H3,(H,26,29);1H. The summed E-state index contributed by atoms with van der Waals surface area (Å²) in [6.45, 7) is 5.79. The van der Waals surface area contributed by atoms with Crippen LogP contribution in [0.1, 0.15) is 31.2 Å². The molecule has 164 valence electrons. The Morgan fingerprint density at radius 1 is 1.23 bits per heavy atom. The van der Waals surface area contributed by atoms with Crippen LogP contribution in [-0.4, -0.2) is 50.8 Å². The van der Waals surface area contributed by atoms with Crippen LogP contribution in [-0.2, 0) is 0 Å². The number of halogens is 2. The third kappa shape index (κ3) is 6.52. The second kappa shape index (κ2) is 10.7. The lowest BCUT2D eigenvalue weighted by molar-refractivity contribution is 0.0948. The summed E-state index contributed by atoms with van der Waals surface area (Å²) in [5, 5.41) is 13.7. The van der Waals surface area contributed by atoms with E-state index in [0.29, 0.717) is 42.9 Å². The predicted molar refractivity (Wildman–Crippen MR) is 117 cm³/mol. The van der Waals surface area contributed by atoms with E-state index < -0.39 is 17.5 Å². The van der Waals surface area contributed by atoms with Crippen molar-refractivity contribution in [1.29, 1.82) is 5.41 Å². The first-order valence-corrected chi connectivity index (χ1v) is 9.69. The van der Waals surface area contributed by atoms with Gasteiger partial charge in [-0.25, -0.2) is 8.78 Å². The maximum atomic E-state index is 14.1. The summed E-state index contributed by atoms with van der Waals surface area (Å²) in [6, 6.07) is 6.03. The number of likely N-dealkylation sites (N-methyl/N-ethyl adjacent to an activating group) is 1. The molecule has 2 aromatic carbocycles. The molecule has 2 rings (SSSR count). The second-order valence-corrected chi connectivity index (χ2v) is 7.59. The molecular weight excluding hydrogens is 390 g/mol. The van der Waals surface area contributed by atoms with E-state index >= 15 is 0 Å². The molecule has 0 unspecified atom stereocenters. The zero-order valence-corrected chi connectivity index (χ0v) is 17.7. The van der Waals surface area contributed by atoms with Crippen molar-refractivity contribution in [3.63, 3.8) is 0 Å². The minimum Gasteiger partial charge on any atom is -0.453 e. The molecule has 8 heteroatoms. The highest BCUT2D eigenvalue weighted by atomic mass is 19.1. The highest BCUT2D eigenvalue weighted by Gasteiger charge is 2.19. The van der Waals surface area contributed by atoms with Crippen molar-refractivity contribution in [3.05, 3.63) is 53.1 Å². The molecule has 0 bridgehead atoms. The van der Waals surface area contributed by atoms with Crippen LogP contribution in [0.2, 0.25) is 0 Å². The minimum absolute atomic E-state index is 0. The quantitative estimate of drug-likeness (QED) is 0.499. The lowest BCUT2D eigenvalue weighted by Crippen LogP contribution is -2.31. The molecule has 3 N–H and O–H groups in total. The van der Waals surface area contributed by atoms with E-state index in [-0.39, 0.29) is 18.5 Å². The van der Waals surface area contributed by atoms with Crippen molar-refractivity contribution < 1.29 is 19.7 Å². The Morgan fingerprint density at radius 3 is 2.57 bits per heavy atom. The van der Waals surface area contributed by atoms with Crippen LogP contribution in [0.4, 0.5) is 14.5 Å². The smallest absolute Gasteiger partial charge is 0.255 e. The monoisotopic (exact) mass is 420 g/mol. The molecule has 0 heterocycles. The maximum absolute atomic E-state index is 14.1. The molecule has 0 saturated heterocycles. The summed E-state index contributed by atoms with van der Waals surface area (Å²) < 4.78 is 32.9. The molecule has 0 saturated carbocycles. The van der Waals surface area contributed by atoms with E-state index in [1.165, 1.54) is 6.07 Å². The number of carbonyl (C=O) groups excluding carboxylic acids is 1. The maximum Gasteiger partial charge on any atom is 0.255 e. The molecule has 6 nitrogen and oxygen atoms in total.